The minimum Gasteiger partial charge on any atom is -0.296 e. The molecule has 1 saturated carbocycles. The molecule has 0 aliphatic heterocycles. The fourth-order valence-corrected chi connectivity index (χ4v) is 3.66. The molecule has 3 aromatic rings. The van der Waals surface area contributed by atoms with E-state index >= 15 is 0 Å². The van der Waals surface area contributed by atoms with Crippen molar-refractivity contribution in [1.29, 1.82) is 0 Å². The highest BCUT2D eigenvalue weighted by molar-refractivity contribution is 7.15. The Labute approximate surface area is 149 Å². The van der Waals surface area contributed by atoms with Gasteiger partial charge in [0.15, 0.2) is 0 Å². The van der Waals surface area contributed by atoms with Crippen molar-refractivity contribution in [2.75, 3.05) is 5.32 Å². The monoisotopic (exact) mass is 353 g/mol. The second-order valence-electron chi connectivity index (χ2n) is 6.28. The smallest absolute Gasteiger partial charge is 0.260 e. The average molecular weight is 353 g/mol. The Morgan fingerprint density at radius 1 is 1.28 bits per heavy atom. The molecule has 2 heterocycles. The van der Waals surface area contributed by atoms with Gasteiger partial charge in [-0.2, -0.15) is 5.10 Å². The SMILES string of the molecule is CCc1c(C(=O)Nc2nnc(C3CC3)s2)cnn1-c1ccc(C)cc1. The van der Waals surface area contributed by atoms with E-state index in [1.54, 1.807) is 6.20 Å². The van der Waals surface area contributed by atoms with Crippen molar-refractivity contribution >= 4 is 22.4 Å². The molecule has 1 N–H and O–H groups in total. The van der Waals surface area contributed by atoms with Gasteiger partial charge in [0.1, 0.15) is 5.01 Å². The quantitative estimate of drug-likeness (QED) is 0.759. The number of rotatable bonds is 5. The lowest BCUT2D eigenvalue weighted by Crippen LogP contribution is -2.14. The van der Waals surface area contributed by atoms with E-state index in [4.69, 9.17) is 0 Å². The Kier molecular flexibility index (Phi) is 4.09. The first kappa shape index (κ1) is 16.0. The van der Waals surface area contributed by atoms with Gasteiger partial charge in [-0.05, 0) is 38.3 Å². The Bertz CT molecular complexity index is 908. The van der Waals surface area contributed by atoms with Gasteiger partial charge in [0.2, 0.25) is 5.13 Å². The van der Waals surface area contributed by atoms with Crippen LogP contribution in [-0.2, 0) is 6.42 Å². The van der Waals surface area contributed by atoms with Crippen LogP contribution in [0.3, 0.4) is 0 Å². The van der Waals surface area contributed by atoms with Gasteiger partial charge in [0.05, 0.1) is 23.1 Å². The van der Waals surface area contributed by atoms with Gasteiger partial charge in [-0.3, -0.25) is 10.1 Å². The number of hydrogen-bond donors (Lipinski definition) is 1. The first-order valence-electron chi connectivity index (χ1n) is 8.44. The number of aromatic nitrogens is 4. The molecule has 0 unspecified atom stereocenters. The van der Waals surface area contributed by atoms with Crippen LogP contribution in [0.1, 0.15) is 52.3 Å². The molecule has 1 fully saturated rings. The summed E-state index contributed by atoms with van der Waals surface area (Å²) >= 11 is 1.46. The van der Waals surface area contributed by atoms with Crippen molar-refractivity contribution in [2.24, 2.45) is 0 Å². The highest BCUT2D eigenvalue weighted by atomic mass is 32.1. The molecule has 1 aromatic carbocycles. The molecular formula is C18H19N5OS. The standard InChI is InChI=1S/C18H19N5OS/c1-3-15-14(10-19-23(15)13-8-4-11(2)5-9-13)16(24)20-18-22-21-17(25-18)12-6-7-12/h4-5,8-10,12H,3,6-7H2,1-2H3,(H,20,22,24). The Morgan fingerprint density at radius 2 is 2.04 bits per heavy atom. The summed E-state index contributed by atoms with van der Waals surface area (Å²) in [5, 5.41) is 17.1. The summed E-state index contributed by atoms with van der Waals surface area (Å²) in [6.07, 6.45) is 4.68. The Balaban J connectivity index is 1.58. The maximum atomic E-state index is 12.7. The van der Waals surface area contributed by atoms with Crippen LogP contribution in [0.5, 0.6) is 0 Å². The first-order valence-corrected chi connectivity index (χ1v) is 9.26. The van der Waals surface area contributed by atoms with Crippen LogP contribution >= 0.6 is 11.3 Å². The van der Waals surface area contributed by atoms with Crippen LogP contribution in [-0.4, -0.2) is 25.9 Å². The van der Waals surface area contributed by atoms with Crippen molar-refractivity contribution in [3.8, 4) is 5.69 Å². The van der Waals surface area contributed by atoms with E-state index in [2.05, 4.69) is 20.6 Å². The van der Waals surface area contributed by atoms with E-state index in [-0.39, 0.29) is 5.91 Å². The Morgan fingerprint density at radius 3 is 2.72 bits per heavy atom. The molecule has 0 bridgehead atoms. The number of benzene rings is 1. The first-order chi connectivity index (χ1) is 12.2. The molecule has 25 heavy (non-hydrogen) atoms. The summed E-state index contributed by atoms with van der Waals surface area (Å²) in [5.41, 5.74) is 3.60. The summed E-state index contributed by atoms with van der Waals surface area (Å²) in [6.45, 7) is 4.07. The van der Waals surface area contributed by atoms with E-state index in [0.717, 1.165) is 16.4 Å². The van der Waals surface area contributed by atoms with Crippen molar-refractivity contribution < 1.29 is 4.79 Å². The molecule has 1 aliphatic rings. The van der Waals surface area contributed by atoms with Crippen LogP contribution < -0.4 is 5.32 Å². The highest BCUT2D eigenvalue weighted by Gasteiger charge is 2.28. The van der Waals surface area contributed by atoms with E-state index in [9.17, 15) is 4.79 Å². The fraction of sp³-hybridized carbons (Fsp3) is 0.333. The lowest BCUT2D eigenvalue weighted by Gasteiger charge is -2.08. The lowest BCUT2D eigenvalue weighted by atomic mass is 10.2. The average Bonchev–Trinajstić information content (AvgIpc) is 3.20. The third kappa shape index (κ3) is 3.19. The van der Waals surface area contributed by atoms with Crippen LogP contribution in [0.15, 0.2) is 30.5 Å². The van der Waals surface area contributed by atoms with Crippen molar-refractivity contribution in [3.05, 3.63) is 52.3 Å². The van der Waals surface area contributed by atoms with Gasteiger partial charge in [-0.25, -0.2) is 4.68 Å². The molecule has 1 amide bonds. The van der Waals surface area contributed by atoms with Gasteiger partial charge in [-0.15, -0.1) is 10.2 Å². The number of hydrogen-bond acceptors (Lipinski definition) is 5. The van der Waals surface area contributed by atoms with Gasteiger partial charge in [0.25, 0.3) is 5.91 Å². The number of carbonyl (C=O) groups is 1. The van der Waals surface area contributed by atoms with Gasteiger partial charge in [0, 0.05) is 5.92 Å². The highest BCUT2D eigenvalue weighted by Crippen LogP contribution is 2.42. The molecule has 7 heteroatoms. The molecule has 0 radical (unpaired) electrons. The van der Waals surface area contributed by atoms with Crippen molar-refractivity contribution in [3.63, 3.8) is 0 Å². The molecule has 4 rings (SSSR count). The van der Waals surface area contributed by atoms with Crippen molar-refractivity contribution in [1.82, 2.24) is 20.0 Å². The van der Waals surface area contributed by atoms with Crippen LogP contribution in [0.4, 0.5) is 5.13 Å². The van der Waals surface area contributed by atoms with Crippen LogP contribution in [0.2, 0.25) is 0 Å². The number of aryl methyl sites for hydroxylation is 1. The summed E-state index contributed by atoms with van der Waals surface area (Å²) in [6, 6.07) is 8.10. The van der Waals surface area contributed by atoms with Gasteiger partial charge >= 0.3 is 0 Å². The van der Waals surface area contributed by atoms with E-state index in [1.807, 2.05) is 42.8 Å². The molecule has 128 valence electrons. The van der Waals surface area contributed by atoms with Crippen LogP contribution in [0.25, 0.3) is 5.69 Å². The molecule has 2 aromatic heterocycles. The summed E-state index contributed by atoms with van der Waals surface area (Å²) in [5.74, 6) is 0.354. The molecule has 0 saturated heterocycles. The topological polar surface area (TPSA) is 72.7 Å². The molecule has 1 aliphatic carbocycles. The van der Waals surface area contributed by atoms with Gasteiger partial charge < -0.3 is 0 Å². The summed E-state index contributed by atoms with van der Waals surface area (Å²) < 4.78 is 1.82. The number of carbonyl (C=O) groups excluding carboxylic acids is 1. The predicted octanol–water partition coefficient (Wildman–Crippen LogP) is 3.72. The number of nitrogens with zero attached hydrogens (tertiary/aromatic N) is 4. The largest absolute Gasteiger partial charge is 0.296 e. The zero-order chi connectivity index (χ0) is 17.4. The maximum absolute atomic E-state index is 12.7. The summed E-state index contributed by atoms with van der Waals surface area (Å²) in [4.78, 5) is 12.7. The normalized spacial score (nSPS) is 13.8. The van der Waals surface area contributed by atoms with E-state index in [0.29, 0.717) is 23.0 Å². The Hall–Kier alpha value is -2.54. The second-order valence-corrected chi connectivity index (χ2v) is 7.29. The third-order valence-electron chi connectivity index (χ3n) is 4.31. The molecular weight excluding hydrogens is 334 g/mol. The minimum atomic E-state index is -0.186. The zero-order valence-corrected chi connectivity index (χ0v) is 15.0. The van der Waals surface area contributed by atoms with Crippen LogP contribution in [0, 0.1) is 6.92 Å². The number of nitrogens with one attached hydrogen (secondary N) is 1. The zero-order valence-electron chi connectivity index (χ0n) is 14.2. The third-order valence-corrected chi connectivity index (χ3v) is 5.32. The van der Waals surface area contributed by atoms with E-state index < -0.39 is 0 Å². The molecule has 6 nitrogen and oxygen atoms in total. The minimum absolute atomic E-state index is 0.186. The van der Waals surface area contributed by atoms with Gasteiger partial charge in [-0.1, -0.05) is 36.0 Å². The fourth-order valence-electron chi connectivity index (χ4n) is 2.76. The van der Waals surface area contributed by atoms with Crippen molar-refractivity contribution in [2.45, 2.75) is 39.0 Å². The molecule has 0 spiro atoms. The lowest BCUT2D eigenvalue weighted by molar-refractivity contribution is 0.102. The maximum Gasteiger partial charge on any atom is 0.260 e. The number of amides is 1. The summed E-state index contributed by atoms with van der Waals surface area (Å²) in [7, 11) is 0. The second kappa shape index (κ2) is 6.40. The molecule has 0 atom stereocenters. The number of anilines is 1. The predicted molar refractivity (Wildman–Crippen MR) is 97.5 cm³/mol. The van der Waals surface area contributed by atoms with E-state index in [1.165, 1.54) is 29.7 Å².